The van der Waals surface area contributed by atoms with E-state index in [-0.39, 0.29) is 11.3 Å². The van der Waals surface area contributed by atoms with E-state index >= 15 is 0 Å². The fourth-order valence-electron chi connectivity index (χ4n) is 4.69. The molecule has 39 heavy (non-hydrogen) atoms. The first-order chi connectivity index (χ1) is 18.9. The maximum atomic E-state index is 13.9. The zero-order valence-corrected chi connectivity index (χ0v) is 22.4. The van der Waals surface area contributed by atoms with Gasteiger partial charge in [-0.2, -0.15) is 0 Å². The number of amides is 1. The van der Waals surface area contributed by atoms with Crippen LogP contribution in [0.4, 0.5) is 5.13 Å². The molecule has 8 nitrogen and oxygen atoms in total. The molecule has 3 aromatic carbocycles. The number of methoxy groups -OCH3 is 1. The lowest BCUT2D eigenvalue weighted by molar-refractivity contribution is -0.117. The molecular formula is C29H21ClN2O6S. The summed E-state index contributed by atoms with van der Waals surface area (Å²) in [6, 6.07) is 18.1. The number of carbonyl (C=O) groups excluding carboxylic acids is 2. The molecule has 1 aliphatic heterocycles. The lowest BCUT2D eigenvalue weighted by atomic mass is 9.95. The molecule has 2 aromatic heterocycles. The second kappa shape index (κ2) is 9.76. The van der Waals surface area contributed by atoms with Crippen LogP contribution in [0.1, 0.15) is 29.1 Å². The Balaban J connectivity index is 1.49. The summed E-state index contributed by atoms with van der Waals surface area (Å²) >= 11 is 7.40. The predicted molar refractivity (Wildman–Crippen MR) is 149 cm³/mol. The van der Waals surface area contributed by atoms with E-state index in [1.807, 2.05) is 6.92 Å². The minimum Gasteiger partial charge on any atom is -0.503 e. The molecule has 0 saturated heterocycles. The van der Waals surface area contributed by atoms with Gasteiger partial charge >= 0.3 is 0 Å². The van der Waals surface area contributed by atoms with Crippen molar-refractivity contribution in [2.45, 2.75) is 13.0 Å². The minimum absolute atomic E-state index is 0.0299. The van der Waals surface area contributed by atoms with Crippen molar-refractivity contribution in [2.24, 2.45) is 0 Å². The summed E-state index contributed by atoms with van der Waals surface area (Å²) in [7, 11) is 1.51. The summed E-state index contributed by atoms with van der Waals surface area (Å²) in [5.74, 6) is -0.954. The Morgan fingerprint density at radius 1 is 1.15 bits per heavy atom. The maximum absolute atomic E-state index is 13.9. The number of aliphatic hydroxyl groups excluding tert-OH is 1. The number of nitrogens with zero attached hydrogens (tertiary/aromatic N) is 2. The third-order valence-electron chi connectivity index (χ3n) is 6.46. The van der Waals surface area contributed by atoms with Gasteiger partial charge in [-0.15, -0.1) is 0 Å². The first-order valence-corrected chi connectivity index (χ1v) is 13.3. The van der Waals surface area contributed by atoms with Gasteiger partial charge in [0, 0.05) is 10.4 Å². The van der Waals surface area contributed by atoms with Crippen LogP contribution in [0.2, 0.25) is 5.02 Å². The van der Waals surface area contributed by atoms with E-state index in [0.717, 1.165) is 4.70 Å². The summed E-state index contributed by atoms with van der Waals surface area (Å²) in [4.78, 5) is 33.4. The molecule has 1 N–H and O–H groups in total. The van der Waals surface area contributed by atoms with E-state index in [1.54, 1.807) is 66.7 Å². The van der Waals surface area contributed by atoms with E-state index < -0.39 is 23.5 Å². The van der Waals surface area contributed by atoms with Gasteiger partial charge in [-0.25, -0.2) is 4.98 Å². The number of rotatable bonds is 7. The zero-order chi connectivity index (χ0) is 27.3. The molecule has 1 amide bonds. The van der Waals surface area contributed by atoms with Crippen molar-refractivity contribution in [3.8, 4) is 11.5 Å². The van der Waals surface area contributed by atoms with E-state index in [2.05, 4.69) is 4.98 Å². The number of ether oxygens (including phenoxy) is 2. The molecule has 1 atom stereocenters. The number of furan rings is 1. The first-order valence-electron chi connectivity index (χ1n) is 12.1. The molecule has 3 heterocycles. The van der Waals surface area contributed by atoms with E-state index in [9.17, 15) is 14.7 Å². The maximum Gasteiger partial charge on any atom is 0.296 e. The standard InChI is InChI=1S/C29H21ClN2O6S/c1-3-37-18-10-7-15(8-11-18)24-23(25(33)21-13-16-5-4-6-20(36-2)27(16)38-21)26(34)28(35)32(24)29-31-19-12-9-17(30)14-22(19)39-29/h4-14,24,34H,3H2,1-2H3. The number of aromatic nitrogens is 1. The predicted octanol–water partition coefficient (Wildman–Crippen LogP) is 6.89. The molecule has 6 rings (SSSR count). The molecule has 0 spiro atoms. The van der Waals surface area contributed by atoms with Crippen LogP contribution < -0.4 is 14.4 Å². The molecule has 196 valence electrons. The Hall–Kier alpha value is -4.34. The second-order valence-corrected chi connectivity index (χ2v) is 10.2. The zero-order valence-electron chi connectivity index (χ0n) is 20.8. The number of anilines is 1. The Morgan fingerprint density at radius 2 is 1.95 bits per heavy atom. The number of Topliss-reactive ketones (excluding diaryl/α,β-unsaturated/α-hetero) is 1. The Morgan fingerprint density at radius 3 is 2.69 bits per heavy atom. The van der Waals surface area contributed by atoms with Gasteiger partial charge in [0.2, 0.25) is 5.78 Å². The SMILES string of the molecule is CCOc1ccc(C2C(C(=O)c3cc4cccc(OC)c4o3)=C(O)C(=O)N2c2nc3ccc(Cl)cc3s2)cc1. The topological polar surface area (TPSA) is 102 Å². The van der Waals surface area contributed by atoms with E-state index in [1.165, 1.54) is 23.3 Å². The molecule has 0 bridgehead atoms. The van der Waals surface area contributed by atoms with Gasteiger partial charge in [-0.3, -0.25) is 14.5 Å². The molecule has 1 unspecified atom stereocenters. The Labute approximate surface area is 231 Å². The van der Waals surface area contributed by atoms with Crippen LogP contribution in [0, 0.1) is 0 Å². The van der Waals surface area contributed by atoms with Gasteiger partial charge < -0.3 is 19.0 Å². The monoisotopic (exact) mass is 560 g/mol. The van der Waals surface area contributed by atoms with E-state index in [4.69, 9.17) is 25.5 Å². The number of fused-ring (bicyclic) bond motifs is 2. The van der Waals surface area contributed by atoms with Crippen molar-refractivity contribution in [2.75, 3.05) is 18.6 Å². The minimum atomic E-state index is -0.966. The second-order valence-electron chi connectivity index (χ2n) is 8.77. The van der Waals surface area contributed by atoms with Crippen molar-refractivity contribution in [3.05, 3.63) is 94.4 Å². The number of carbonyl (C=O) groups is 2. The Kier molecular flexibility index (Phi) is 6.25. The van der Waals surface area contributed by atoms with Gasteiger partial charge in [0.25, 0.3) is 5.91 Å². The lowest BCUT2D eigenvalue weighted by Gasteiger charge is -2.24. The number of aliphatic hydroxyl groups is 1. The normalized spacial score (nSPS) is 15.5. The summed E-state index contributed by atoms with van der Waals surface area (Å²) in [5, 5.41) is 12.6. The van der Waals surface area contributed by atoms with Gasteiger partial charge in [-0.1, -0.05) is 47.2 Å². The van der Waals surface area contributed by atoms with Crippen molar-refractivity contribution in [1.82, 2.24) is 4.98 Å². The highest BCUT2D eigenvalue weighted by Gasteiger charge is 2.46. The molecular weight excluding hydrogens is 540 g/mol. The van der Waals surface area contributed by atoms with Crippen LogP contribution >= 0.6 is 22.9 Å². The number of halogens is 1. The highest BCUT2D eigenvalue weighted by atomic mass is 35.5. The molecule has 0 fully saturated rings. The number of hydrogen-bond acceptors (Lipinski definition) is 8. The van der Waals surface area contributed by atoms with Gasteiger partial charge in [0.1, 0.15) is 5.75 Å². The third kappa shape index (κ3) is 4.20. The smallest absolute Gasteiger partial charge is 0.296 e. The molecule has 10 heteroatoms. The lowest BCUT2D eigenvalue weighted by Crippen LogP contribution is -2.30. The van der Waals surface area contributed by atoms with Crippen molar-refractivity contribution < 1.29 is 28.6 Å². The van der Waals surface area contributed by atoms with Crippen molar-refractivity contribution in [1.29, 1.82) is 0 Å². The van der Waals surface area contributed by atoms with Crippen LogP contribution in [-0.2, 0) is 4.79 Å². The molecule has 5 aromatic rings. The van der Waals surface area contributed by atoms with E-state index in [0.29, 0.717) is 50.3 Å². The summed E-state index contributed by atoms with van der Waals surface area (Å²) in [5.41, 5.74) is 1.51. The fraction of sp³-hybridized carbons (Fsp3) is 0.138. The third-order valence-corrected chi connectivity index (χ3v) is 7.71. The summed E-state index contributed by atoms with van der Waals surface area (Å²) in [6.45, 7) is 2.37. The average Bonchev–Trinajstić information content (AvgIpc) is 3.63. The van der Waals surface area contributed by atoms with Crippen molar-refractivity contribution in [3.63, 3.8) is 0 Å². The number of thiazole rings is 1. The van der Waals surface area contributed by atoms with Crippen molar-refractivity contribution >= 4 is 60.9 Å². The molecule has 1 aliphatic rings. The Bertz CT molecular complexity index is 1790. The average molecular weight is 561 g/mol. The van der Waals surface area contributed by atoms with Crippen LogP contribution in [-0.4, -0.2) is 35.5 Å². The largest absolute Gasteiger partial charge is 0.503 e. The fourth-order valence-corrected chi connectivity index (χ4v) is 5.96. The first kappa shape index (κ1) is 25.0. The highest BCUT2D eigenvalue weighted by molar-refractivity contribution is 7.22. The summed E-state index contributed by atoms with van der Waals surface area (Å²) in [6.07, 6.45) is 0. The van der Waals surface area contributed by atoms with Crippen LogP contribution in [0.25, 0.3) is 21.2 Å². The number of ketones is 1. The van der Waals surface area contributed by atoms with Crippen LogP contribution in [0.3, 0.4) is 0 Å². The summed E-state index contributed by atoms with van der Waals surface area (Å²) < 4.78 is 17.6. The van der Waals surface area contributed by atoms with Crippen LogP contribution in [0.15, 0.2) is 82.5 Å². The molecule has 0 saturated carbocycles. The quantitative estimate of drug-likeness (QED) is 0.216. The van der Waals surface area contributed by atoms with Gasteiger partial charge in [-0.05, 0) is 55.0 Å². The van der Waals surface area contributed by atoms with Crippen LogP contribution in [0.5, 0.6) is 11.5 Å². The number of para-hydroxylation sites is 1. The van der Waals surface area contributed by atoms with Gasteiger partial charge in [0.15, 0.2) is 28.0 Å². The molecule has 0 radical (unpaired) electrons. The molecule has 0 aliphatic carbocycles. The number of benzene rings is 3. The highest BCUT2D eigenvalue weighted by Crippen LogP contribution is 2.45. The van der Waals surface area contributed by atoms with Gasteiger partial charge in [0.05, 0.1) is 35.5 Å². The number of hydrogen-bond donors (Lipinski definition) is 1.